The molecule has 0 unspecified atom stereocenters. The summed E-state index contributed by atoms with van der Waals surface area (Å²) in [6.07, 6.45) is 0.127. The highest BCUT2D eigenvalue weighted by molar-refractivity contribution is 5.78. The van der Waals surface area contributed by atoms with Crippen LogP contribution in [0.4, 0.5) is 8.78 Å². The zero-order chi connectivity index (χ0) is 20.4. The summed E-state index contributed by atoms with van der Waals surface area (Å²) >= 11 is 0. The molecular weight excluding hydrogens is 364 g/mol. The van der Waals surface area contributed by atoms with E-state index in [1.54, 1.807) is 23.1 Å². The van der Waals surface area contributed by atoms with Crippen LogP contribution in [0.1, 0.15) is 31.9 Å². The molecule has 3 aromatic rings. The fourth-order valence-electron chi connectivity index (χ4n) is 3.39. The predicted octanol–water partition coefficient (Wildman–Crippen LogP) is 3.71. The highest BCUT2D eigenvalue weighted by atomic mass is 19.2. The lowest BCUT2D eigenvalue weighted by Crippen LogP contribution is -2.32. The van der Waals surface area contributed by atoms with Crippen LogP contribution in [0, 0.1) is 11.6 Å². The summed E-state index contributed by atoms with van der Waals surface area (Å²) in [6.45, 7) is 4.45. The fraction of sp³-hybridized carbons (Fsp3) is 0.333. The summed E-state index contributed by atoms with van der Waals surface area (Å²) < 4.78 is 29.9. The average molecular weight is 387 g/mol. The number of carbonyl (C=O) groups excluding carboxylic acids is 1. The second-order valence-corrected chi connectivity index (χ2v) is 6.77. The molecule has 0 aliphatic carbocycles. The van der Waals surface area contributed by atoms with Gasteiger partial charge in [-0.1, -0.05) is 18.2 Å². The van der Waals surface area contributed by atoms with Crippen molar-refractivity contribution in [3.05, 3.63) is 70.1 Å². The summed E-state index contributed by atoms with van der Waals surface area (Å²) in [5.41, 5.74) is 1.99. The van der Waals surface area contributed by atoms with Gasteiger partial charge >= 0.3 is 5.69 Å². The van der Waals surface area contributed by atoms with Crippen molar-refractivity contribution in [3.63, 3.8) is 0 Å². The largest absolute Gasteiger partial charge is 0.339 e. The molecule has 1 amide bonds. The Labute approximate surface area is 161 Å². The minimum Gasteiger partial charge on any atom is -0.339 e. The number of rotatable bonds is 6. The van der Waals surface area contributed by atoms with Gasteiger partial charge in [0.25, 0.3) is 0 Å². The van der Waals surface area contributed by atoms with Gasteiger partial charge in [0, 0.05) is 26.6 Å². The van der Waals surface area contributed by atoms with E-state index in [9.17, 15) is 18.4 Å². The minimum atomic E-state index is -0.941. The molecular formula is C21H23F2N3O2. The van der Waals surface area contributed by atoms with E-state index in [0.717, 1.165) is 23.2 Å². The molecule has 0 bridgehead atoms. The van der Waals surface area contributed by atoms with Crippen LogP contribution < -0.4 is 5.69 Å². The first-order chi connectivity index (χ1) is 13.3. The number of benzene rings is 2. The van der Waals surface area contributed by atoms with Crippen LogP contribution >= 0.6 is 0 Å². The van der Waals surface area contributed by atoms with Crippen molar-refractivity contribution in [2.75, 3.05) is 7.05 Å². The second kappa shape index (κ2) is 7.96. The van der Waals surface area contributed by atoms with Gasteiger partial charge in [0.05, 0.1) is 17.1 Å². The molecule has 0 saturated heterocycles. The molecule has 1 atom stereocenters. The standard InChI is InChI=1S/C21H23F2N3O2/c1-4-25-18-7-5-6-8-19(18)26(21(25)28)12-11-20(27)24(3)14(2)15-9-10-16(22)17(23)13-15/h5-10,13-14H,4,11-12H2,1-3H3/t14-/m0/s1. The summed E-state index contributed by atoms with van der Waals surface area (Å²) in [4.78, 5) is 26.8. The highest BCUT2D eigenvalue weighted by Crippen LogP contribution is 2.22. The van der Waals surface area contributed by atoms with Crippen LogP contribution in [0.25, 0.3) is 11.0 Å². The van der Waals surface area contributed by atoms with E-state index in [-0.39, 0.29) is 24.6 Å². The number of halogens is 2. The number of para-hydroxylation sites is 2. The van der Waals surface area contributed by atoms with Gasteiger partial charge in [-0.05, 0) is 43.7 Å². The molecule has 5 nitrogen and oxygen atoms in total. The maximum absolute atomic E-state index is 13.5. The number of amides is 1. The summed E-state index contributed by atoms with van der Waals surface area (Å²) in [6, 6.07) is 10.7. The van der Waals surface area contributed by atoms with Crippen LogP contribution in [0.2, 0.25) is 0 Å². The predicted molar refractivity (Wildman–Crippen MR) is 104 cm³/mol. The van der Waals surface area contributed by atoms with Crippen molar-refractivity contribution in [2.45, 2.75) is 39.4 Å². The zero-order valence-electron chi connectivity index (χ0n) is 16.2. The third kappa shape index (κ3) is 3.56. The Morgan fingerprint density at radius 3 is 2.32 bits per heavy atom. The first-order valence-electron chi connectivity index (χ1n) is 9.23. The van der Waals surface area contributed by atoms with Crippen molar-refractivity contribution in [1.29, 1.82) is 0 Å². The molecule has 7 heteroatoms. The number of imidazole rings is 1. The van der Waals surface area contributed by atoms with Gasteiger partial charge in [-0.3, -0.25) is 13.9 Å². The Hall–Kier alpha value is -2.96. The average Bonchev–Trinajstić information content (AvgIpc) is 2.97. The summed E-state index contributed by atoms with van der Waals surface area (Å²) in [5.74, 6) is -2.04. The van der Waals surface area contributed by atoms with Gasteiger partial charge in [0.15, 0.2) is 11.6 Å². The van der Waals surface area contributed by atoms with Crippen molar-refractivity contribution < 1.29 is 13.6 Å². The molecule has 2 aromatic carbocycles. The van der Waals surface area contributed by atoms with Gasteiger partial charge in [-0.2, -0.15) is 0 Å². The van der Waals surface area contributed by atoms with Crippen molar-refractivity contribution in [1.82, 2.24) is 14.0 Å². The highest BCUT2D eigenvalue weighted by Gasteiger charge is 2.20. The first kappa shape index (κ1) is 19.8. The molecule has 1 heterocycles. The lowest BCUT2D eigenvalue weighted by atomic mass is 10.1. The van der Waals surface area contributed by atoms with E-state index in [1.807, 2.05) is 31.2 Å². The normalized spacial score (nSPS) is 12.3. The molecule has 0 aliphatic rings. The van der Waals surface area contributed by atoms with Crippen LogP contribution in [0.15, 0.2) is 47.3 Å². The van der Waals surface area contributed by atoms with Crippen molar-refractivity contribution >= 4 is 16.9 Å². The van der Waals surface area contributed by atoms with Crippen LogP contribution in [-0.2, 0) is 17.9 Å². The van der Waals surface area contributed by atoms with Crippen molar-refractivity contribution in [2.24, 2.45) is 0 Å². The molecule has 0 aliphatic heterocycles. The quantitative estimate of drug-likeness (QED) is 0.647. The Morgan fingerprint density at radius 1 is 1.07 bits per heavy atom. The third-order valence-corrected chi connectivity index (χ3v) is 5.19. The van der Waals surface area contributed by atoms with Gasteiger partial charge in [0.2, 0.25) is 5.91 Å². The van der Waals surface area contributed by atoms with E-state index in [2.05, 4.69) is 0 Å². The lowest BCUT2D eigenvalue weighted by Gasteiger charge is -2.25. The topological polar surface area (TPSA) is 47.2 Å². The molecule has 0 spiro atoms. The number of carbonyl (C=O) groups is 1. The van der Waals surface area contributed by atoms with Gasteiger partial charge in [-0.15, -0.1) is 0 Å². The van der Waals surface area contributed by atoms with E-state index >= 15 is 0 Å². The molecule has 0 N–H and O–H groups in total. The van der Waals surface area contributed by atoms with Gasteiger partial charge in [-0.25, -0.2) is 13.6 Å². The number of hydrogen-bond acceptors (Lipinski definition) is 2. The Bertz CT molecular complexity index is 1070. The van der Waals surface area contributed by atoms with E-state index < -0.39 is 17.7 Å². The Kier molecular flexibility index (Phi) is 5.63. The van der Waals surface area contributed by atoms with Crippen LogP contribution in [0.3, 0.4) is 0 Å². The summed E-state index contributed by atoms with van der Waals surface area (Å²) in [5, 5.41) is 0. The fourth-order valence-corrected chi connectivity index (χ4v) is 3.39. The minimum absolute atomic E-state index is 0.127. The van der Waals surface area contributed by atoms with Crippen LogP contribution in [-0.4, -0.2) is 27.0 Å². The SMILES string of the molecule is CCn1c(=O)n(CCC(=O)N(C)[C@@H](C)c2ccc(F)c(F)c2)c2ccccc21. The smallest absolute Gasteiger partial charge is 0.329 e. The summed E-state index contributed by atoms with van der Waals surface area (Å²) in [7, 11) is 1.62. The molecule has 0 fully saturated rings. The molecule has 28 heavy (non-hydrogen) atoms. The number of aryl methyl sites for hydroxylation is 2. The Balaban J connectivity index is 1.77. The number of fused-ring (bicyclic) bond motifs is 1. The van der Waals surface area contributed by atoms with Crippen molar-refractivity contribution in [3.8, 4) is 0 Å². The Morgan fingerprint density at radius 2 is 1.71 bits per heavy atom. The molecule has 0 radical (unpaired) electrons. The molecule has 0 saturated carbocycles. The first-order valence-corrected chi connectivity index (χ1v) is 9.23. The maximum Gasteiger partial charge on any atom is 0.329 e. The molecule has 148 valence electrons. The van der Waals surface area contributed by atoms with E-state index in [0.29, 0.717) is 12.1 Å². The van der Waals surface area contributed by atoms with E-state index in [4.69, 9.17) is 0 Å². The third-order valence-electron chi connectivity index (χ3n) is 5.19. The number of hydrogen-bond donors (Lipinski definition) is 0. The van der Waals surface area contributed by atoms with Crippen LogP contribution in [0.5, 0.6) is 0 Å². The van der Waals surface area contributed by atoms with Gasteiger partial charge < -0.3 is 4.90 Å². The van der Waals surface area contributed by atoms with E-state index in [1.165, 1.54) is 11.0 Å². The number of nitrogens with zero attached hydrogens (tertiary/aromatic N) is 3. The second-order valence-electron chi connectivity index (χ2n) is 6.77. The number of aromatic nitrogens is 2. The van der Waals surface area contributed by atoms with Gasteiger partial charge in [0.1, 0.15) is 0 Å². The molecule has 1 aromatic heterocycles. The monoisotopic (exact) mass is 387 g/mol. The zero-order valence-corrected chi connectivity index (χ0v) is 16.2. The lowest BCUT2D eigenvalue weighted by molar-refractivity contribution is -0.132. The maximum atomic E-state index is 13.5. The molecule has 3 rings (SSSR count).